The quantitative estimate of drug-likeness (QED) is 0.0424. The molecule has 4 atom stereocenters. The first-order chi connectivity index (χ1) is 46.6. The Morgan fingerprint density at radius 2 is 0.890 bits per heavy atom. The van der Waals surface area contributed by atoms with Crippen LogP contribution in [-0.4, -0.2) is 91.2 Å². The number of hydrogen-bond acceptors (Lipinski definition) is 12. The molecule has 6 aromatic carbocycles. The smallest absolute Gasteiger partial charge is 0.268 e. The molecule has 532 valence electrons. The van der Waals surface area contributed by atoms with Crippen LogP contribution in [0.4, 0.5) is 0 Å². The number of imidazole rings is 2. The van der Waals surface area contributed by atoms with Crippen molar-refractivity contribution < 1.29 is 34.7 Å². The predicted octanol–water partition coefficient (Wildman–Crippen LogP) is 15.8. The number of nitriles is 2. The highest BCUT2D eigenvalue weighted by Crippen LogP contribution is 2.44. The Balaban J connectivity index is 0.000000233. The van der Waals surface area contributed by atoms with Crippen molar-refractivity contribution in [2.75, 3.05) is 13.2 Å². The highest BCUT2D eigenvalue weighted by atomic mass is 32.2. The molecule has 0 aliphatic heterocycles. The second-order valence-corrected chi connectivity index (χ2v) is 49.6. The van der Waals surface area contributed by atoms with Crippen LogP contribution in [0, 0.1) is 50.4 Å². The molecule has 10 aromatic rings. The Kier molecular flexibility index (Phi) is 22.5. The molecule has 0 saturated carbocycles. The van der Waals surface area contributed by atoms with Crippen LogP contribution in [0.15, 0.2) is 131 Å². The molecular formula is C76H98N10O8S4Si2. The molecule has 4 unspecified atom stereocenters. The molecule has 24 heteroatoms. The van der Waals surface area contributed by atoms with Crippen molar-refractivity contribution in [2.45, 2.75) is 205 Å². The summed E-state index contributed by atoms with van der Waals surface area (Å²) in [5.74, 6) is 1.12. The van der Waals surface area contributed by atoms with Crippen LogP contribution in [0.1, 0.15) is 137 Å². The summed E-state index contributed by atoms with van der Waals surface area (Å²) in [5.41, 5.74) is 9.51. The monoisotopic (exact) mass is 1460 g/mol. The lowest BCUT2D eigenvalue weighted by atomic mass is 9.83. The summed E-state index contributed by atoms with van der Waals surface area (Å²) in [6.45, 7) is 42.6. The number of ether oxygens (including phenoxy) is 2. The lowest BCUT2D eigenvalue weighted by Gasteiger charge is -2.36. The van der Waals surface area contributed by atoms with Crippen LogP contribution in [0.2, 0.25) is 51.4 Å². The van der Waals surface area contributed by atoms with E-state index >= 15 is 0 Å². The van der Waals surface area contributed by atoms with Crippen molar-refractivity contribution in [3.63, 3.8) is 0 Å². The van der Waals surface area contributed by atoms with Gasteiger partial charge in [0.25, 0.3) is 20.0 Å². The van der Waals surface area contributed by atoms with E-state index in [2.05, 4.69) is 74.7 Å². The van der Waals surface area contributed by atoms with Gasteiger partial charge < -0.3 is 18.6 Å². The minimum atomic E-state index is -3.95. The molecule has 18 nitrogen and oxygen atoms in total. The lowest BCUT2D eigenvalue weighted by molar-refractivity contribution is 0.0856. The average Bonchev–Trinajstić information content (AvgIpc) is 1.52. The second-order valence-electron chi connectivity index (χ2n) is 30.8. The van der Waals surface area contributed by atoms with E-state index in [1.54, 1.807) is 79.1 Å². The number of fused-ring (bicyclic) bond motifs is 4. The molecule has 2 N–H and O–H groups in total. The summed E-state index contributed by atoms with van der Waals surface area (Å²) < 4.78 is 110. The number of nitrogens with one attached hydrogen (secondary N) is 2. The number of aryl methyl sites for hydroxylation is 6. The third kappa shape index (κ3) is 15.9. The Labute approximate surface area is 598 Å². The normalized spacial score (nSPS) is 14.6. The standard InChI is InChI=1S/2C38H49N5O4S2Si/c1-11-29-22-27(3)35-31(18-19-43(35)49(45,46)30-15-12-26(2)13-16-30)34(29)38(7,41-48(44)37(4,5)6)36-40-32-23-28(24-39)14-17-33(32)42(36)25-47-20-21-50(8,9)10;1-11-29-22-27(3)35-31(18-19-43(35)49(45,46)30-15-12-26(2)13-16-30)34(29)38(7,41-48(44)37(4,5)6)36-40-32-17-14-28(24-39)23-33(32)42(36)25-47-20-21-50(8,9)10/h2*12-19,22-23,41H,11,20-21,25H2,1-10H3. The van der Waals surface area contributed by atoms with Crippen LogP contribution in [0.5, 0.6) is 0 Å². The van der Waals surface area contributed by atoms with Gasteiger partial charge in [-0.2, -0.15) is 10.5 Å². The van der Waals surface area contributed by atoms with Crippen LogP contribution in [-0.2, 0) is 88.9 Å². The van der Waals surface area contributed by atoms with Crippen molar-refractivity contribution in [1.82, 2.24) is 36.5 Å². The Bertz CT molecular complexity index is 4910. The topological polar surface area (TPSA) is 238 Å². The predicted molar refractivity (Wildman–Crippen MR) is 412 cm³/mol. The van der Waals surface area contributed by atoms with Gasteiger partial charge in [0.1, 0.15) is 36.2 Å². The number of hydrogen-bond donors (Lipinski definition) is 2. The van der Waals surface area contributed by atoms with E-state index in [0.29, 0.717) is 70.9 Å². The SMILES string of the molecule is CCc1cc(C)c2c(ccn2S(=O)(=O)c2ccc(C)cc2)c1C(C)(NS(=O)C(C)(C)C)c1nc2cc(C#N)ccc2n1COCC[Si](C)(C)C.CCc1cc(C)c2c(ccn2S(=O)(=O)c2ccc(C)cc2)c1C(C)(NS(=O)C(C)(C)C)c1nc2ccc(C#N)cc2n1COCC[Si](C)(C)C. The van der Waals surface area contributed by atoms with Gasteiger partial charge in [0.05, 0.1) is 97.6 Å². The van der Waals surface area contributed by atoms with Gasteiger partial charge in [0.15, 0.2) is 0 Å². The number of aromatic nitrogens is 6. The molecule has 10 rings (SSSR count). The van der Waals surface area contributed by atoms with Crippen molar-refractivity contribution in [3.05, 3.63) is 189 Å². The van der Waals surface area contributed by atoms with E-state index in [4.69, 9.17) is 19.4 Å². The molecule has 0 amide bonds. The lowest BCUT2D eigenvalue weighted by Crippen LogP contribution is -2.49. The minimum absolute atomic E-state index is 0.171. The molecule has 0 fully saturated rings. The first kappa shape index (κ1) is 77.0. The van der Waals surface area contributed by atoms with Crippen molar-refractivity contribution in [1.29, 1.82) is 10.5 Å². The Morgan fingerprint density at radius 1 is 0.510 bits per heavy atom. The Morgan fingerprint density at radius 3 is 1.27 bits per heavy atom. The van der Waals surface area contributed by atoms with Gasteiger partial charge >= 0.3 is 0 Å². The molecular weight excluding hydrogens is 1370 g/mol. The minimum Gasteiger partial charge on any atom is -0.361 e. The van der Waals surface area contributed by atoms with Gasteiger partial charge in [-0.25, -0.2) is 52.6 Å². The summed E-state index contributed by atoms with van der Waals surface area (Å²) in [7, 11) is -13.8. The fraction of sp³-hybridized carbons (Fsp3) is 0.421. The molecule has 4 heterocycles. The second kappa shape index (κ2) is 29.3. The third-order valence-corrected chi connectivity index (χ3v) is 28.3. The van der Waals surface area contributed by atoms with Gasteiger partial charge in [-0.05, 0) is 214 Å². The van der Waals surface area contributed by atoms with E-state index < -0.39 is 78.7 Å². The van der Waals surface area contributed by atoms with E-state index in [-0.39, 0.29) is 23.3 Å². The maximum absolute atomic E-state index is 14.2. The van der Waals surface area contributed by atoms with E-state index in [0.717, 1.165) is 78.4 Å². The van der Waals surface area contributed by atoms with Gasteiger partial charge in [0, 0.05) is 52.5 Å². The van der Waals surface area contributed by atoms with E-state index in [1.165, 1.54) is 7.94 Å². The zero-order valence-electron chi connectivity index (χ0n) is 61.7. The van der Waals surface area contributed by atoms with E-state index in [1.807, 2.05) is 135 Å². The summed E-state index contributed by atoms with van der Waals surface area (Å²) in [6, 6.07) is 38.7. The molecule has 0 saturated heterocycles. The zero-order chi connectivity index (χ0) is 73.6. The molecule has 0 radical (unpaired) electrons. The van der Waals surface area contributed by atoms with Crippen LogP contribution >= 0.6 is 0 Å². The maximum Gasteiger partial charge on any atom is 0.268 e. The highest BCUT2D eigenvalue weighted by molar-refractivity contribution is 7.90. The van der Waals surface area contributed by atoms with Crippen molar-refractivity contribution >= 4 is 102 Å². The third-order valence-electron chi connectivity index (χ3n) is 18.1. The molecule has 0 bridgehead atoms. The number of benzene rings is 6. The van der Waals surface area contributed by atoms with E-state index in [9.17, 15) is 35.8 Å². The first-order valence-corrected chi connectivity index (χ1v) is 46.5. The highest BCUT2D eigenvalue weighted by Gasteiger charge is 2.44. The molecule has 4 aromatic heterocycles. The Hall–Kier alpha value is -7.21. The number of nitrogens with zero attached hydrogens (tertiary/aromatic N) is 8. The average molecular weight is 1460 g/mol. The fourth-order valence-corrected chi connectivity index (χ4v) is 18.6. The van der Waals surface area contributed by atoms with Crippen molar-refractivity contribution in [3.8, 4) is 12.1 Å². The molecule has 100 heavy (non-hydrogen) atoms. The summed E-state index contributed by atoms with van der Waals surface area (Å²) in [6.07, 6.45) is 4.48. The van der Waals surface area contributed by atoms with Crippen LogP contribution < -0.4 is 9.44 Å². The zero-order valence-corrected chi connectivity index (χ0v) is 66.9. The molecule has 0 aliphatic carbocycles. The summed E-state index contributed by atoms with van der Waals surface area (Å²) in [5, 5.41) is 21.0. The van der Waals surface area contributed by atoms with Gasteiger partial charge in [-0.15, -0.1) is 0 Å². The van der Waals surface area contributed by atoms with Crippen LogP contribution in [0.3, 0.4) is 0 Å². The molecule has 0 spiro atoms. The van der Waals surface area contributed by atoms with Gasteiger partial charge in [-0.3, -0.25) is 0 Å². The molecule has 0 aliphatic rings. The fourth-order valence-electron chi connectivity index (χ4n) is 12.5. The van der Waals surface area contributed by atoms with Gasteiger partial charge in [-0.1, -0.05) is 101 Å². The number of rotatable bonds is 24. The van der Waals surface area contributed by atoms with Gasteiger partial charge in [0.2, 0.25) is 0 Å². The maximum atomic E-state index is 14.2. The first-order valence-electron chi connectivity index (χ1n) is 33.9. The van der Waals surface area contributed by atoms with Crippen molar-refractivity contribution in [2.24, 2.45) is 0 Å². The largest absolute Gasteiger partial charge is 0.361 e. The van der Waals surface area contributed by atoms with Crippen LogP contribution in [0.25, 0.3) is 43.9 Å². The summed E-state index contributed by atoms with van der Waals surface area (Å²) >= 11 is 0. The summed E-state index contributed by atoms with van der Waals surface area (Å²) in [4.78, 5) is 10.7.